The van der Waals surface area contributed by atoms with Crippen molar-refractivity contribution in [3.8, 4) is 11.5 Å². The first kappa shape index (κ1) is 19.8. The van der Waals surface area contributed by atoms with Crippen LogP contribution in [-0.2, 0) is 9.53 Å². The quantitative estimate of drug-likeness (QED) is 0.485. The molecule has 1 amide bonds. The molecule has 0 aromatic heterocycles. The zero-order valence-electron chi connectivity index (χ0n) is 15.0. The van der Waals surface area contributed by atoms with Crippen LogP contribution in [0, 0.1) is 0 Å². The van der Waals surface area contributed by atoms with Gasteiger partial charge in [-0.1, -0.05) is 19.8 Å². The smallest absolute Gasteiger partial charge is 0.307 e. The summed E-state index contributed by atoms with van der Waals surface area (Å²) in [7, 11) is 4.43. The predicted octanol–water partition coefficient (Wildman–Crippen LogP) is 2.90. The molecule has 24 heavy (non-hydrogen) atoms. The van der Waals surface area contributed by atoms with E-state index in [2.05, 4.69) is 11.7 Å². The maximum Gasteiger partial charge on any atom is 0.307 e. The van der Waals surface area contributed by atoms with Gasteiger partial charge in [-0.05, 0) is 24.6 Å². The van der Waals surface area contributed by atoms with Gasteiger partial charge in [0.2, 0.25) is 0 Å². The van der Waals surface area contributed by atoms with Gasteiger partial charge in [-0.25, -0.2) is 0 Å². The maximum absolute atomic E-state index is 12.8. The monoisotopic (exact) mass is 337 g/mol. The van der Waals surface area contributed by atoms with Crippen LogP contribution in [0.5, 0.6) is 11.5 Å². The van der Waals surface area contributed by atoms with E-state index in [9.17, 15) is 9.59 Å². The van der Waals surface area contributed by atoms with Crippen molar-refractivity contribution in [2.45, 2.75) is 32.6 Å². The van der Waals surface area contributed by atoms with Crippen molar-refractivity contribution in [2.75, 3.05) is 34.4 Å². The highest BCUT2D eigenvalue weighted by atomic mass is 16.5. The van der Waals surface area contributed by atoms with Crippen LogP contribution in [0.1, 0.15) is 43.0 Å². The number of benzene rings is 1. The number of hydrogen-bond acceptors (Lipinski definition) is 5. The van der Waals surface area contributed by atoms with Gasteiger partial charge >= 0.3 is 5.97 Å². The zero-order valence-corrected chi connectivity index (χ0v) is 15.0. The minimum atomic E-state index is -0.324. The molecule has 0 atom stereocenters. The SMILES string of the molecule is CCCCCN(CCC(=O)OC)C(=O)c1ccc(OC)c(OC)c1. The van der Waals surface area contributed by atoms with Crippen molar-refractivity contribution < 1.29 is 23.8 Å². The van der Waals surface area contributed by atoms with Crippen molar-refractivity contribution in [1.29, 1.82) is 0 Å². The van der Waals surface area contributed by atoms with Crippen molar-refractivity contribution in [1.82, 2.24) is 4.90 Å². The summed E-state index contributed by atoms with van der Waals surface area (Å²) in [5.74, 6) is 0.623. The number of amides is 1. The molecule has 6 heteroatoms. The standard InChI is InChI=1S/C18H27NO5/c1-5-6-7-11-19(12-10-17(20)24-4)18(21)14-8-9-15(22-2)16(13-14)23-3/h8-9,13H,5-7,10-12H2,1-4H3. The van der Waals surface area contributed by atoms with Gasteiger partial charge in [0.1, 0.15) is 0 Å². The van der Waals surface area contributed by atoms with E-state index in [0.29, 0.717) is 30.2 Å². The molecular formula is C18H27NO5. The van der Waals surface area contributed by atoms with Crippen molar-refractivity contribution >= 4 is 11.9 Å². The van der Waals surface area contributed by atoms with Gasteiger partial charge < -0.3 is 19.1 Å². The molecule has 0 heterocycles. The fourth-order valence-electron chi connectivity index (χ4n) is 2.35. The zero-order chi connectivity index (χ0) is 17.9. The molecule has 1 rings (SSSR count). The predicted molar refractivity (Wildman–Crippen MR) is 91.6 cm³/mol. The van der Waals surface area contributed by atoms with Gasteiger partial charge in [-0.15, -0.1) is 0 Å². The lowest BCUT2D eigenvalue weighted by Crippen LogP contribution is -2.34. The van der Waals surface area contributed by atoms with E-state index in [0.717, 1.165) is 19.3 Å². The number of rotatable bonds is 10. The largest absolute Gasteiger partial charge is 0.493 e. The molecule has 0 saturated carbocycles. The Morgan fingerprint density at radius 1 is 1.00 bits per heavy atom. The lowest BCUT2D eigenvalue weighted by Gasteiger charge is -2.23. The Hall–Kier alpha value is -2.24. The van der Waals surface area contributed by atoms with Gasteiger partial charge in [0.05, 0.1) is 27.8 Å². The number of ether oxygens (including phenoxy) is 3. The molecule has 1 aromatic rings. The van der Waals surface area contributed by atoms with Gasteiger partial charge in [0, 0.05) is 18.7 Å². The molecule has 0 fully saturated rings. The number of hydrogen-bond donors (Lipinski definition) is 0. The van der Waals surface area contributed by atoms with E-state index in [-0.39, 0.29) is 18.3 Å². The molecule has 0 N–H and O–H groups in total. The fourth-order valence-corrected chi connectivity index (χ4v) is 2.35. The van der Waals surface area contributed by atoms with Crippen LogP contribution in [0.3, 0.4) is 0 Å². The molecule has 0 bridgehead atoms. The first-order chi connectivity index (χ1) is 11.6. The lowest BCUT2D eigenvalue weighted by molar-refractivity contribution is -0.140. The molecule has 0 aliphatic heterocycles. The normalized spacial score (nSPS) is 10.2. The molecule has 134 valence electrons. The third kappa shape index (κ3) is 5.76. The highest BCUT2D eigenvalue weighted by molar-refractivity contribution is 5.95. The average Bonchev–Trinajstić information content (AvgIpc) is 2.62. The highest BCUT2D eigenvalue weighted by Crippen LogP contribution is 2.28. The topological polar surface area (TPSA) is 65.1 Å². The summed E-state index contributed by atoms with van der Waals surface area (Å²) in [6.45, 7) is 3.05. The molecule has 0 radical (unpaired) electrons. The summed E-state index contributed by atoms with van der Waals surface area (Å²) in [5, 5.41) is 0. The van der Waals surface area contributed by atoms with Crippen LogP contribution in [-0.4, -0.2) is 51.2 Å². The van der Waals surface area contributed by atoms with Crippen molar-refractivity contribution in [2.24, 2.45) is 0 Å². The summed E-state index contributed by atoms with van der Waals surface area (Å²) < 4.78 is 15.1. The Balaban J connectivity index is 2.90. The number of esters is 1. The first-order valence-electron chi connectivity index (χ1n) is 8.15. The summed E-state index contributed by atoms with van der Waals surface area (Å²) in [4.78, 5) is 25.9. The van der Waals surface area contributed by atoms with Crippen molar-refractivity contribution in [3.63, 3.8) is 0 Å². The Labute approximate surface area is 143 Å². The molecule has 0 aliphatic carbocycles. The van der Waals surface area contributed by atoms with Gasteiger partial charge in [0.25, 0.3) is 5.91 Å². The summed E-state index contributed by atoms with van der Waals surface area (Å²) in [6.07, 6.45) is 3.18. The molecular weight excluding hydrogens is 310 g/mol. The van der Waals surface area contributed by atoms with E-state index in [1.54, 1.807) is 30.2 Å². The molecule has 0 saturated heterocycles. The van der Waals surface area contributed by atoms with Gasteiger partial charge in [-0.2, -0.15) is 0 Å². The summed E-state index contributed by atoms with van der Waals surface area (Å²) in [5.41, 5.74) is 0.508. The number of carbonyl (C=O) groups is 2. The average molecular weight is 337 g/mol. The number of nitrogens with zero attached hydrogens (tertiary/aromatic N) is 1. The van der Waals surface area contributed by atoms with Crippen LogP contribution in [0.2, 0.25) is 0 Å². The summed E-state index contributed by atoms with van der Waals surface area (Å²) in [6, 6.07) is 5.07. The van der Waals surface area contributed by atoms with E-state index >= 15 is 0 Å². The van der Waals surface area contributed by atoms with E-state index in [1.807, 2.05) is 0 Å². The second kappa shape index (κ2) is 10.5. The van der Waals surface area contributed by atoms with E-state index in [4.69, 9.17) is 9.47 Å². The Morgan fingerprint density at radius 3 is 2.29 bits per heavy atom. The molecule has 0 spiro atoms. The number of unbranched alkanes of at least 4 members (excludes halogenated alkanes) is 2. The minimum absolute atomic E-state index is 0.129. The summed E-state index contributed by atoms with van der Waals surface area (Å²) >= 11 is 0. The number of methoxy groups -OCH3 is 3. The van der Waals surface area contributed by atoms with Crippen LogP contribution >= 0.6 is 0 Å². The van der Waals surface area contributed by atoms with E-state index < -0.39 is 0 Å². The van der Waals surface area contributed by atoms with Crippen LogP contribution in [0.15, 0.2) is 18.2 Å². The van der Waals surface area contributed by atoms with Gasteiger partial charge in [0.15, 0.2) is 11.5 Å². The Morgan fingerprint density at radius 2 is 1.71 bits per heavy atom. The minimum Gasteiger partial charge on any atom is -0.493 e. The van der Waals surface area contributed by atoms with Crippen molar-refractivity contribution in [3.05, 3.63) is 23.8 Å². The lowest BCUT2D eigenvalue weighted by atomic mass is 10.1. The molecule has 0 unspecified atom stereocenters. The first-order valence-corrected chi connectivity index (χ1v) is 8.15. The second-order valence-corrected chi connectivity index (χ2v) is 5.40. The fraction of sp³-hybridized carbons (Fsp3) is 0.556. The van der Waals surface area contributed by atoms with Crippen LogP contribution in [0.25, 0.3) is 0 Å². The maximum atomic E-state index is 12.8. The Bertz CT molecular complexity index is 544. The second-order valence-electron chi connectivity index (χ2n) is 5.40. The van der Waals surface area contributed by atoms with E-state index in [1.165, 1.54) is 14.2 Å². The molecule has 6 nitrogen and oxygen atoms in total. The molecule has 0 aliphatic rings. The third-order valence-corrected chi connectivity index (χ3v) is 3.76. The van der Waals surface area contributed by atoms with Crippen LogP contribution < -0.4 is 9.47 Å². The van der Waals surface area contributed by atoms with Gasteiger partial charge in [-0.3, -0.25) is 9.59 Å². The number of carbonyl (C=O) groups excluding carboxylic acids is 2. The third-order valence-electron chi connectivity index (χ3n) is 3.76. The van der Waals surface area contributed by atoms with Crippen LogP contribution in [0.4, 0.5) is 0 Å². The highest BCUT2D eigenvalue weighted by Gasteiger charge is 2.18. The Kier molecular flexibility index (Phi) is 8.68. The molecule has 1 aromatic carbocycles.